The smallest absolute Gasteiger partial charge is 0.328 e. The second-order valence-corrected chi connectivity index (χ2v) is 4.98. The molecule has 2 aromatic rings. The minimum absolute atomic E-state index is 0.165. The summed E-state index contributed by atoms with van der Waals surface area (Å²) in [5.74, 6) is -1.64. The number of aromatic nitrogens is 1. The largest absolute Gasteiger partial charge is 0.480 e. The summed E-state index contributed by atoms with van der Waals surface area (Å²) in [4.78, 5) is 25.8. The number of fused-ring (bicyclic) bond motifs is 1. The molecule has 0 radical (unpaired) electrons. The number of H-pyrrole nitrogens is 1. The number of aliphatic hydroxyl groups is 1. The van der Waals surface area contributed by atoms with E-state index in [4.69, 9.17) is 5.11 Å². The van der Waals surface area contributed by atoms with Gasteiger partial charge in [-0.1, -0.05) is 18.2 Å². The highest BCUT2D eigenvalue weighted by atomic mass is 16.4. The van der Waals surface area contributed by atoms with Gasteiger partial charge in [-0.3, -0.25) is 4.79 Å². The summed E-state index contributed by atoms with van der Waals surface area (Å²) in [5.41, 5.74) is 2.00. The van der Waals surface area contributed by atoms with Gasteiger partial charge in [0.15, 0.2) is 6.04 Å². The van der Waals surface area contributed by atoms with E-state index < -0.39 is 24.0 Å². The van der Waals surface area contributed by atoms with Gasteiger partial charge in [0.2, 0.25) is 5.91 Å². The normalized spacial score (nSPS) is 13.8. The molecule has 0 saturated heterocycles. The Balaban J connectivity index is 1.96. The van der Waals surface area contributed by atoms with Crippen LogP contribution in [0.25, 0.3) is 10.9 Å². The molecule has 0 fully saturated rings. The minimum atomic E-state index is -1.28. The molecule has 1 amide bonds. The summed E-state index contributed by atoms with van der Waals surface area (Å²) >= 11 is 0. The standard InChI is InChI=1S/C15H18N2O4/c1-9(18)14(15(20)21)17-13(19)7-6-10-8-16-12-5-3-2-4-11(10)12/h2-5,8-9,14,16,18H,6-7H2,1H3,(H,17,19)(H,20,21)/t9-,14+/m1/s1. The Labute approximate surface area is 121 Å². The molecule has 0 aliphatic carbocycles. The van der Waals surface area contributed by atoms with Crippen molar-refractivity contribution in [3.8, 4) is 0 Å². The fraction of sp³-hybridized carbons (Fsp3) is 0.333. The van der Waals surface area contributed by atoms with E-state index in [0.29, 0.717) is 6.42 Å². The minimum Gasteiger partial charge on any atom is -0.480 e. The van der Waals surface area contributed by atoms with Gasteiger partial charge in [0.05, 0.1) is 6.10 Å². The van der Waals surface area contributed by atoms with Gasteiger partial charge in [0.1, 0.15) is 0 Å². The van der Waals surface area contributed by atoms with Crippen molar-refractivity contribution in [3.63, 3.8) is 0 Å². The van der Waals surface area contributed by atoms with E-state index in [1.165, 1.54) is 6.92 Å². The Bertz CT molecular complexity index is 648. The number of aromatic amines is 1. The Morgan fingerprint density at radius 3 is 2.71 bits per heavy atom. The number of nitrogens with one attached hydrogen (secondary N) is 2. The number of benzene rings is 1. The Morgan fingerprint density at radius 2 is 2.05 bits per heavy atom. The molecular weight excluding hydrogens is 272 g/mol. The fourth-order valence-electron chi connectivity index (χ4n) is 2.22. The van der Waals surface area contributed by atoms with Crippen LogP contribution >= 0.6 is 0 Å². The molecule has 112 valence electrons. The number of carbonyl (C=O) groups is 2. The van der Waals surface area contributed by atoms with Gasteiger partial charge < -0.3 is 20.5 Å². The zero-order valence-electron chi connectivity index (χ0n) is 11.7. The predicted molar refractivity (Wildman–Crippen MR) is 77.9 cm³/mol. The molecule has 1 aromatic carbocycles. The van der Waals surface area contributed by atoms with Gasteiger partial charge in [-0.05, 0) is 25.0 Å². The summed E-state index contributed by atoms with van der Waals surface area (Å²) in [5, 5.41) is 21.6. The monoisotopic (exact) mass is 290 g/mol. The molecular formula is C15H18N2O4. The molecule has 0 bridgehead atoms. The summed E-state index contributed by atoms with van der Waals surface area (Å²) in [7, 11) is 0. The van der Waals surface area contributed by atoms with E-state index >= 15 is 0 Å². The van der Waals surface area contributed by atoms with E-state index in [9.17, 15) is 14.7 Å². The molecule has 6 heteroatoms. The molecule has 2 atom stereocenters. The molecule has 21 heavy (non-hydrogen) atoms. The lowest BCUT2D eigenvalue weighted by atomic mass is 10.1. The van der Waals surface area contributed by atoms with Crippen molar-refractivity contribution in [2.24, 2.45) is 0 Å². The van der Waals surface area contributed by atoms with Crippen molar-refractivity contribution in [1.82, 2.24) is 10.3 Å². The first kappa shape index (κ1) is 15.1. The second kappa shape index (κ2) is 6.41. The number of hydrogen-bond donors (Lipinski definition) is 4. The van der Waals surface area contributed by atoms with E-state index in [0.717, 1.165) is 16.5 Å². The van der Waals surface area contributed by atoms with E-state index in [1.54, 1.807) is 0 Å². The van der Waals surface area contributed by atoms with Crippen LogP contribution in [0, 0.1) is 0 Å². The Kier molecular flexibility index (Phi) is 4.59. The van der Waals surface area contributed by atoms with Crippen LogP contribution in [-0.2, 0) is 16.0 Å². The summed E-state index contributed by atoms with van der Waals surface area (Å²) in [6.07, 6.45) is 1.38. The van der Waals surface area contributed by atoms with Gasteiger partial charge in [-0.2, -0.15) is 0 Å². The molecule has 4 N–H and O–H groups in total. The first-order chi connectivity index (χ1) is 9.99. The second-order valence-electron chi connectivity index (χ2n) is 4.98. The molecule has 0 spiro atoms. The van der Waals surface area contributed by atoms with E-state index in [1.807, 2.05) is 30.5 Å². The van der Waals surface area contributed by atoms with Crippen molar-refractivity contribution in [2.45, 2.75) is 31.9 Å². The van der Waals surface area contributed by atoms with Gasteiger partial charge in [-0.15, -0.1) is 0 Å². The molecule has 1 heterocycles. The zero-order chi connectivity index (χ0) is 15.4. The predicted octanol–water partition coefficient (Wildman–Crippen LogP) is 1.05. The first-order valence-corrected chi connectivity index (χ1v) is 6.74. The molecule has 0 aliphatic rings. The zero-order valence-corrected chi connectivity index (χ0v) is 11.7. The molecule has 0 unspecified atom stereocenters. The van der Waals surface area contributed by atoms with Gasteiger partial charge >= 0.3 is 5.97 Å². The number of carboxylic acid groups (broad SMARTS) is 1. The van der Waals surface area contributed by atoms with Crippen LogP contribution in [0.1, 0.15) is 18.9 Å². The van der Waals surface area contributed by atoms with Gasteiger partial charge in [0.25, 0.3) is 0 Å². The number of carbonyl (C=O) groups excluding carboxylic acids is 1. The molecule has 6 nitrogen and oxygen atoms in total. The van der Waals surface area contributed by atoms with Crippen molar-refractivity contribution in [3.05, 3.63) is 36.0 Å². The Hall–Kier alpha value is -2.34. The number of rotatable bonds is 6. The van der Waals surface area contributed by atoms with Crippen LogP contribution in [-0.4, -0.2) is 39.2 Å². The van der Waals surface area contributed by atoms with Crippen molar-refractivity contribution < 1.29 is 19.8 Å². The molecule has 2 rings (SSSR count). The highest BCUT2D eigenvalue weighted by Crippen LogP contribution is 2.18. The maximum absolute atomic E-state index is 11.8. The van der Waals surface area contributed by atoms with Gasteiger partial charge in [-0.25, -0.2) is 4.79 Å². The quantitative estimate of drug-likeness (QED) is 0.638. The third kappa shape index (κ3) is 3.61. The highest BCUT2D eigenvalue weighted by Gasteiger charge is 2.24. The fourth-order valence-corrected chi connectivity index (χ4v) is 2.22. The number of aryl methyl sites for hydroxylation is 1. The van der Waals surface area contributed by atoms with Crippen LogP contribution in [0.2, 0.25) is 0 Å². The van der Waals surface area contributed by atoms with E-state index in [2.05, 4.69) is 10.3 Å². The lowest BCUT2D eigenvalue weighted by Gasteiger charge is -2.16. The van der Waals surface area contributed by atoms with Crippen molar-refractivity contribution in [1.29, 1.82) is 0 Å². The van der Waals surface area contributed by atoms with Gasteiger partial charge in [0, 0.05) is 23.5 Å². The first-order valence-electron chi connectivity index (χ1n) is 6.74. The highest BCUT2D eigenvalue weighted by molar-refractivity contribution is 5.86. The number of para-hydroxylation sites is 1. The number of carboxylic acids is 1. The SMILES string of the molecule is C[C@@H](O)[C@H](NC(=O)CCc1c[nH]c2ccccc12)C(=O)O. The third-order valence-corrected chi connectivity index (χ3v) is 3.36. The summed E-state index contributed by atoms with van der Waals surface area (Å²) in [6.45, 7) is 1.33. The molecule has 0 aliphatic heterocycles. The number of amides is 1. The maximum Gasteiger partial charge on any atom is 0.328 e. The number of hydrogen-bond acceptors (Lipinski definition) is 3. The third-order valence-electron chi connectivity index (χ3n) is 3.36. The number of aliphatic carboxylic acids is 1. The van der Waals surface area contributed by atoms with E-state index in [-0.39, 0.29) is 6.42 Å². The van der Waals surface area contributed by atoms with Crippen LogP contribution in [0.15, 0.2) is 30.5 Å². The molecule has 1 aromatic heterocycles. The van der Waals surface area contributed by atoms with Crippen LogP contribution < -0.4 is 5.32 Å². The average molecular weight is 290 g/mol. The molecule has 0 saturated carbocycles. The summed E-state index contributed by atoms with van der Waals surface area (Å²) in [6, 6.07) is 6.49. The maximum atomic E-state index is 11.8. The topological polar surface area (TPSA) is 102 Å². The number of aliphatic hydroxyl groups excluding tert-OH is 1. The van der Waals surface area contributed by atoms with Crippen LogP contribution in [0.4, 0.5) is 0 Å². The lowest BCUT2D eigenvalue weighted by molar-refractivity contribution is -0.144. The average Bonchev–Trinajstić information content (AvgIpc) is 2.85. The van der Waals surface area contributed by atoms with Crippen molar-refractivity contribution in [2.75, 3.05) is 0 Å². The van der Waals surface area contributed by atoms with Crippen molar-refractivity contribution >= 4 is 22.8 Å². The lowest BCUT2D eigenvalue weighted by Crippen LogP contribution is -2.47. The summed E-state index contributed by atoms with van der Waals surface area (Å²) < 4.78 is 0. The van der Waals surface area contributed by atoms with Crippen LogP contribution in [0.5, 0.6) is 0 Å². The Morgan fingerprint density at radius 1 is 1.33 bits per heavy atom. The van der Waals surface area contributed by atoms with Crippen LogP contribution in [0.3, 0.4) is 0 Å².